The SMILES string of the molecule is CCOC(CNCC(=O)NCC(C)C)OCC. The minimum Gasteiger partial charge on any atom is -0.355 e. The molecule has 0 aliphatic carbocycles. The van der Waals surface area contributed by atoms with Crippen molar-refractivity contribution in [3.05, 3.63) is 0 Å². The van der Waals surface area contributed by atoms with Gasteiger partial charge in [0.15, 0.2) is 6.29 Å². The zero-order valence-corrected chi connectivity index (χ0v) is 11.4. The summed E-state index contributed by atoms with van der Waals surface area (Å²) in [6, 6.07) is 0. The van der Waals surface area contributed by atoms with Crippen molar-refractivity contribution in [2.45, 2.75) is 34.0 Å². The largest absolute Gasteiger partial charge is 0.355 e. The second-order valence-corrected chi connectivity index (χ2v) is 4.17. The normalized spacial score (nSPS) is 11.2. The summed E-state index contributed by atoms with van der Waals surface area (Å²) in [6.45, 7) is 10.7. The van der Waals surface area contributed by atoms with Crippen molar-refractivity contribution in [2.24, 2.45) is 5.92 Å². The highest BCUT2D eigenvalue weighted by atomic mass is 16.7. The zero-order chi connectivity index (χ0) is 13.1. The summed E-state index contributed by atoms with van der Waals surface area (Å²) in [5.41, 5.74) is 0. The van der Waals surface area contributed by atoms with Gasteiger partial charge in [0.25, 0.3) is 0 Å². The first-order valence-corrected chi connectivity index (χ1v) is 6.30. The van der Waals surface area contributed by atoms with E-state index in [0.29, 0.717) is 38.8 Å². The summed E-state index contributed by atoms with van der Waals surface area (Å²) >= 11 is 0. The van der Waals surface area contributed by atoms with Crippen LogP contribution in [0.1, 0.15) is 27.7 Å². The Kier molecular flexibility index (Phi) is 10.1. The monoisotopic (exact) mass is 246 g/mol. The Balaban J connectivity index is 3.61. The van der Waals surface area contributed by atoms with E-state index in [1.807, 2.05) is 13.8 Å². The second-order valence-electron chi connectivity index (χ2n) is 4.17. The van der Waals surface area contributed by atoms with Crippen LogP contribution in [0, 0.1) is 5.92 Å². The third-order valence-electron chi connectivity index (χ3n) is 2.01. The maximum Gasteiger partial charge on any atom is 0.233 e. The highest BCUT2D eigenvalue weighted by molar-refractivity contribution is 5.77. The average molecular weight is 246 g/mol. The topological polar surface area (TPSA) is 59.6 Å². The first kappa shape index (κ1) is 16.4. The summed E-state index contributed by atoms with van der Waals surface area (Å²) < 4.78 is 10.7. The number of amides is 1. The van der Waals surface area contributed by atoms with Gasteiger partial charge in [0.2, 0.25) is 5.91 Å². The van der Waals surface area contributed by atoms with Gasteiger partial charge in [-0.2, -0.15) is 0 Å². The average Bonchev–Trinajstić information content (AvgIpc) is 2.27. The Morgan fingerprint density at radius 2 is 1.71 bits per heavy atom. The van der Waals surface area contributed by atoms with Crippen LogP contribution in [-0.2, 0) is 14.3 Å². The van der Waals surface area contributed by atoms with Crippen molar-refractivity contribution in [3.8, 4) is 0 Å². The molecule has 0 aromatic heterocycles. The Hall–Kier alpha value is -0.650. The van der Waals surface area contributed by atoms with E-state index in [0.717, 1.165) is 0 Å². The Morgan fingerprint density at radius 3 is 2.18 bits per heavy atom. The van der Waals surface area contributed by atoms with E-state index in [1.54, 1.807) is 0 Å². The van der Waals surface area contributed by atoms with Crippen molar-refractivity contribution in [2.75, 3.05) is 32.8 Å². The molecule has 0 heterocycles. The molecule has 0 spiro atoms. The van der Waals surface area contributed by atoms with Crippen molar-refractivity contribution >= 4 is 5.91 Å². The van der Waals surface area contributed by atoms with Gasteiger partial charge in [0, 0.05) is 26.3 Å². The lowest BCUT2D eigenvalue weighted by molar-refractivity contribution is -0.134. The number of rotatable bonds is 10. The molecule has 1 amide bonds. The third-order valence-corrected chi connectivity index (χ3v) is 2.01. The quantitative estimate of drug-likeness (QED) is 0.558. The lowest BCUT2D eigenvalue weighted by Gasteiger charge is -2.17. The maximum absolute atomic E-state index is 11.4. The number of carbonyl (C=O) groups is 1. The third kappa shape index (κ3) is 10.2. The van der Waals surface area contributed by atoms with Gasteiger partial charge in [-0.05, 0) is 19.8 Å². The Labute approximate surface area is 104 Å². The highest BCUT2D eigenvalue weighted by Crippen LogP contribution is 1.92. The van der Waals surface area contributed by atoms with Crippen LogP contribution in [0.25, 0.3) is 0 Å². The number of carbonyl (C=O) groups excluding carboxylic acids is 1. The van der Waals surface area contributed by atoms with Gasteiger partial charge in [-0.15, -0.1) is 0 Å². The lowest BCUT2D eigenvalue weighted by Crippen LogP contribution is -2.39. The van der Waals surface area contributed by atoms with E-state index in [4.69, 9.17) is 9.47 Å². The number of hydrogen-bond acceptors (Lipinski definition) is 4. The zero-order valence-electron chi connectivity index (χ0n) is 11.4. The summed E-state index contributed by atoms with van der Waals surface area (Å²) in [5.74, 6) is 0.476. The van der Waals surface area contributed by atoms with E-state index < -0.39 is 0 Å². The molecule has 0 bridgehead atoms. The molecule has 0 rings (SSSR count). The minimum absolute atomic E-state index is 0.00504. The molecule has 0 aromatic rings. The van der Waals surface area contributed by atoms with E-state index in [-0.39, 0.29) is 12.2 Å². The van der Waals surface area contributed by atoms with Crippen LogP contribution in [0.15, 0.2) is 0 Å². The predicted octanol–water partition coefficient (Wildman–Crippen LogP) is 0.747. The van der Waals surface area contributed by atoms with Crippen LogP contribution in [-0.4, -0.2) is 45.0 Å². The molecule has 0 aliphatic rings. The van der Waals surface area contributed by atoms with Crippen LogP contribution in [0.3, 0.4) is 0 Å². The molecule has 2 N–H and O–H groups in total. The molecule has 0 radical (unpaired) electrons. The van der Waals surface area contributed by atoms with E-state index in [9.17, 15) is 4.79 Å². The smallest absolute Gasteiger partial charge is 0.233 e. The van der Waals surface area contributed by atoms with Crippen LogP contribution in [0.4, 0.5) is 0 Å². The Bertz CT molecular complexity index is 192. The summed E-state index contributed by atoms with van der Waals surface area (Å²) in [4.78, 5) is 11.4. The molecule has 0 saturated carbocycles. The molecule has 0 atom stereocenters. The van der Waals surface area contributed by atoms with Crippen LogP contribution in [0.5, 0.6) is 0 Å². The number of hydrogen-bond donors (Lipinski definition) is 2. The molecule has 0 unspecified atom stereocenters. The minimum atomic E-state index is -0.275. The fraction of sp³-hybridized carbons (Fsp3) is 0.917. The summed E-state index contributed by atoms with van der Waals surface area (Å²) in [5, 5.41) is 5.85. The number of ether oxygens (including phenoxy) is 2. The van der Waals surface area contributed by atoms with Gasteiger partial charge in [-0.1, -0.05) is 13.8 Å². The molecule has 5 nitrogen and oxygen atoms in total. The van der Waals surface area contributed by atoms with Crippen molar-refractivity contribution in [3.63, 3.8) is 0 Å². The van der Waals surface area contributed by atoms with Gasteiger partial charge >= 0.3 is 0 Å². The molecule has 102 valence electrons. The van der Waals surface area contributed by atoms with Gasteiger partial charge in [0.1, 0.15) is 0 Å². The Morgan fingerprint density at radius 1 is 1.12 bits per heavy atom. The van der Waals surface area contributed by atoms with Crippen LogP contribution in [0.2, 0.25) is 0 Å². The van der Waals surface area contributed by atoms with E-state index >= 15 is 0 Å². The molecular formula is C12H26N2O3. The van der Waals surface area contributed by atoms with Gasteiger partial charge in [0.05, 0.1) is 6.54 Å². The molecule has 0 fully saturated rings. The molecule has 17 heavy (non-hydrogen) atoms. The van der Waals surface area contributed by atoms with Gasteiger partial charge < -0.3 is 20.1 Å². The highest BCUT2D eigenvalue weighted by Gasteiger charge is 2.08. The summed E-state index contributed by atoms with van der Waals surface area (Å²) in [6.07, 6.45) is -0.275. The maximum atomic E-state index is 11.4. The fourth-order valence-electron chi connectivity index (χ4n) is 1.22. The number of nitrogens with one attached hydrogen (secondary N) is 2. The molecule has 0 aliphatic heterocycles. The lowest BCUT2D eigenvalue weighted by atomic mass is 10.2. The van der Waals surface area contributed by atoms with Crippen LogP contribution < -0.4 is 10.6 Å². The molecule has 0 saturated heterocycles. The van der Waals surface area contributed by atoms with Crippen molar-refractivity contribution < 1.29 is 14.3 Å². The first-order valence-electron chi connectivity index (χ1n) is 6.30. The molecule has 5 heteroatoms. The molecular weight excluding hydrogens is 220 g/mol. The van der Waals surface area contributed by atoms with E-state index in [1.165, 1.54) is 0 Å². The first-order chi connectivity index (χ1) is 8.10. The van der Waals surface area contributed by atoms with Crippen LogP contribution >= 0.6 is 0 Å². The summed E-state index contributed by atoms with van der Waals surface area (Å²) in [7, 11) is 0. The van der Waals surface area contributed by atoms with Gasteiger partial charge in [-0.25, -0.2) is 0 Å². The van der Waals surface area contributed by atoms with E-state index in [2.05, 4.69) is 24.5 Å². The second kappa shape index (κ2) is 10.5. The van der Waals surface area contributed by atoms with Crippen molar-refractivity contribution in [1.29, 1.82) is 0 Å². The van der Waals surface area contributed by atoms with Gasteiger partial charge in [-0.3, -0.25) is 4.79 Å². The standard InChI is InChI=1S/C12H26N2O3/c1-5-16-12(17-6-2)9-13-8-11(15)14-7-10(3)4/h10,12-13H,5-9H2,1-4H3,(H,14,15). The predicted molar refractivity (Wildman–Crippen MR) is 67.8 cm³/mol. The molecule has 0 aromatic carbocycles. The fourth-order valence-corrected chi connectivity index (χ4v) is 1.22. The van der Waals surface area contributed by atoms with Crippen molar-refractivity contribution in [1.82, 2.24) is 10.6 Å².